The minimum atomic E-state index is -0.662. The largest absolute Gasteiger partial charge is 0.384 e. The molecular formula is C17H18BrClO. The Bertz CT molecular complexity index is 610. The summed E-state index contributed by atoms with van der Waals surface area (Å²) < 4.78 is 0.873. The van der Waals surface area contributed by atoms with E-state index >= 15 is 0 Å². The highest BCUT2D eigenvalue weighted by molar-refractivity contribution is 9.10. The predicted molar refractivity (Wildman–Crippen MR) is 88.4 cm³/mol. The third kappa shape index (κ3) is 3.25. The molecule has 0 aliphatic carbocycles. The zero-order chi connectivity index (χ0) is 14.7. The van der Waals surface area contributed by atoms with Gasteiger partial charge in [0.1, 0.15) is 6.10 Å². The quantitative estimate of drug-likeness (QED) is 0.790. The number of aliphatic hydroxyl groups excluding tert-OH is 1. The molecule has 0 radical (unpaired) electrons. The summed E-state index contributed by atoms with van der Waals surface area (Å²) in [6.07, 6.45) is 1.19. The van der Waals surface area contributed by atoms with Crippen molar-refractivity contribution in [2.24, 2.45) is 0 Å². The lowest BCUT2D eigenvalue weighted by atomic mass is 9.93. The van der Waals surface area contributed by atoms with E-state index in [0.717, 1.165) is 28.4 Å². The third-order valence-electron chi connectivity index (χ3n) is 3.55. The highest BCUT2D eigenvalue weighted by atomic mass is 79.9. The van der Waals surface area contributed by atoms with Gasteiger partial charge in [-0.2, -0.15) is 0 Å². The van der Waals surface area contributed by atoms with Crippen molar-refractivity contribution in [2.45, 2.75) is 32.8 Å². The highest BCUT2D eigenvalue weighted by Crippen LogP contribution is 2.33. The zero-order valence-electron chi connectivity index (χ0n) is 11.7. The van der Waals surface area contributed by atoms with Gasteiger partial charge in [-0.1, -0.05) is 59.6 Å². The van der Waals surface area contributed by atoms with Gasteiger partial charge in [0.25, 0.3) is 0 Å². The molecule has 1 N–H and O–H groups in total. The van der Waals surface area contributed by atoms with Crippen LogP contribution in [0, 0.1) is 0 Å². The zero-order valence-corrected chi connectivity index (χ0v) is 14.0. The fourth-order valence-electron chi connectivity index (χ4n) is 2.33. The van der Waals surface area contributed by atoms with E-state index < -0.39 is 6.10 Å². The molecule has 0 aliphatic rings. The summed E-state index contributed by atoms with van der Waals surface area (Å²) in [7, 11) is 0. The molecule has 0 spiro atoms. The summed E-state index contributed by atoms with van der Waals surface area (Å²) in [5.41, 5.74) is 4.17. The molecule has 0 heterocycles. The first kappa shape index (κ1) is 15.6. The van der Waals surface area contributed by atoms with Gasteiger partial charge in [0.05, 0.1) is 0 Å². The van der Waals surface area contributed by atoms with Crippen molar-refractivity contribution in [3.63, 3.8) is 0 Å². The van der Waals surface area contributed by atoms with Gasteiger partial charge in [0, 0.05) is 15.1 Å². The molecular weight excluding hydrogens is 336 g/mol. The molecule has 1 atom stereocenters. The number of aryl methyl sites for hydroxylation is 2. The molecule has 20 heavy (non-hydrogen) atoms. The van der Waals surface area contributed by atoms with E-state index in [0.29, 0.717) is 5.02 Å². The molecule has 106 valence electrons. The second-order valence-corrected chi connectivity index (χ2v) is 6.10. The van der Waals surface area contributed by atoms with Crippen LogP contribution >= 0.6 is 27.5 Å². The van der Waals surface area contributed by atoms with Gasteiger partial charge in [0.15, 0.2) is 0 Å². The fraction of sp³-hybridized carbons (Fsp3) is 0.294. The van der Waals surface area contributed by atoms with Gasteiger partial charge in [0.2, 0.25) is 0 Å². The minimum Gasteiger partial charge on any atom is -0.384 e. The van der Waals surface area contributed by atoms with Crippen molar-refractivity contribution in [3.05, 3.63) is 68.1 Å². The lowest BCUT2D eigenvalue weighted by Gasteiger charge is -2.18. The van der Waals surface area contributed by atoms with Crippen LogP contribution in [0.25, 0.3) is 0 Å². The second kappa shape index (κ2) is 6.75. The predicted octanol–water partition coefficient (Wildman–Crippen LogP) is 5.31. The number of halogens is 2. The molecule has 0 amide bonds. The van der Waals surface area contributed by atoms with E-state index in [9.17, 15) is 5.11 Å². The first-order chi connectivity index (χ1) is 9.56. The van der Waals surface area contributed by atoms with Crippen molar-refractivity contribution in [2.75, 3.05) is 0 Å². The number of hydrogen-bond acceptors (Lipinski definition) is 1. The van der Waals surface area contributed by atoms with Crippen molar-refractivity contribution in [1.29, 1.82) is 0 Å². The lowest BCUT2D eigenvalue weighted by Crippen LogP contribution is -2.05. The Labute approximate surface area is 133 Å². The summed E-state index contributed by atoms with van der Waals surface area (Å²) in [5.74, 6) is 0. The summed E-state index contributed by atoms with van der Waals surface area (Å²) in [6.45, 7) is 4.22. The van der Waals surface area contributed by atoms with E-state index in [-0.39, 0.29) is 0 Å². The minimum absolute atomic E-state index is 0.631. The summed E-state index contributed by atoms with van der Waals surface area (Å²) in [5, 5.41) is 11.4. The molecule has 0 saturated heterocycles. The van der Waals surface area contributed by atoms with Crippen LogP contribution in [0.3, 0.4) is 0 Å². The Balaban J connectivity index is 2.51. The molecule has 1 nitrogen and oxygen atoms in total. The van der Waals surface area contributed by atoms with Crippen LogP contribution in [-0.2, 0) is 12.8 Å². The molecule has 2 aromatic carbocycles. The molecule has 0 aliphatic heterocycles. The van der Waals surface area contributed by atoms with Gasteiger partial charge in [-0.25, -0.2) is 0 Å². The van der Waals surface area contributed by atoms with Gasteiger partial charge in [-0.3, -0.25) is 0 Å². The van der Waals surface area contributed by atoms with E-state index in [1.165, 1.54) is 11.1 Å². The molecule has 2 aromatic rings. The monoisotopic (exact) mass is 352 g/mol. The van der Waals surface area contributed by atoms with Crippen LogP contribution in [0.2, 0.25) is 5.02 Å². The van der Waals surface area contributed by atoms with E-state index in [1.54, 1.807) is 0 Å². The van der Waals surface area contributed by atoms with Gasteiger partial charge in [-0.05, 0) is 47.7 Å². The maximum absolute atomic E-state index is 10.7. The van der Waals surface area contributed by atoms with Crippen molar-refractivity contribution < 1.29 is 5.11 Å². The molecule has 0 bridgehead atoms. The Morgan fingerprint density at radius 2 is 1.80 bits per heavy atom. The molecule has 1 unspecified atom stereocenters. The Kier molecular flexibility index (Phi) is 5.25. The Morgan fingerprint density at radius 3 is 2.45 bits per heavy atom. The van der Waals surface area contributed by atoms with E-state index in [2.05, 4.69) is 48.0 Å². The maximum atomic E-state index is 10.7. The van der Waals surface area contributed by atoms with E-state index in [4.69, 9.17) is 11.6 Å². The van der Waals surface area contributed by atoms with Gasteiger partial charge >= 0.3 is 0 Å². The summed E-state index contributed by atoms with van der Waals surface area (Å²) >= 11 is 9.54. The second-order valence-electron chi connectivity index (χ2n) is 4.81. The standard InChI is InChI=1S/C17H18BrClO/c1-3-11-5-6-12(4-2)14(9-11)17(20)15-10-13(19)7-8-16(15)18/h5-10,17,20H,3-4H2,1-2H3. The average molecular weight is 354 g/mol. The SMILES string of the molecule is CCc1ccc(CC)c(C(O)c2cc(Cl)ccc2Br)c1. The third-order valence-corrected chi connectivity index (χ3v) is 4.50. The molecule has 3 heteroatoms. The smallest absolute Gasteiger partial charge is 0.105 e. The van der Waals surface area contributed by atoms with Crippen LogP contribution in [0.5, 0.6) is 0 Å². The van der Waals surface area contributed by atoms with Gasteiger partial charge in [-0.15, -0.1) is 0 Å². The number of benzene rings is 2. The fourth-order valence-corrected chi connectivity index (χ4v) is 2.98. The van der Waals surface area contributed by atoms with Crippen LogP contribution in [0.4, 0.5) is 0 Å². The molecule has 2 rings (SSSR count). The first-order valence-electron chi connectivity index (χ1n) is 6.81. The first-order valence-corrected chi connectivity index (χ1v) is 7.98. The Hall–Kier alpha value is -0.830. The average Bonchev–Trinajstić information content (AvgIpc) is 2.48. The van der Waals surface area contributed by atoms with Crippen molar-refractivity contribution in [1.82, 2.24) is 0 Å². The normalized spacial score (nSPS) is 12.4. The van der Waals surface area contributed by atoms with Gasteiger partial charge < -0.3 is 5.11 Å². The highest BCUT2D eigenvalue weighted by Gasteiger charge is 2.17. The lowest BCUT2D eigenvalue weighted by molar-refractivity contribution is 0.218. The van der Waals surface area contributed by atoms with Crippen LogP contribution in [-0.4, -0.2) is 5.11 Å². The van der Waals surface area contributed by atoms with Crippen LogP contribution < -0.4 is 0 Å². The maximum Gasteiger partial charge on any atom is 0.105 e. The summed E-state index contributed by atoms with van der Waals surface area (Å²) in [4.78, 5) is 0. The molecule has 0 aromatic heterocycles. The summed E-state index contributed by atoms with van der Waals surface area (Å²) in [6, 6.07) is 11.8. The van der Waals surface area contributed by atoms with Crippen molar-refractivity contribution >= 4 is 27.5 Å². The Morgan fingerprint density at radius 1 is 1.05 bits per heavy atom. The number of rotatable bonds is 4. The molecule has 0 saturated carbocycles. The van der Waals surface area contributed by atoms with Crippen LogP contribution in [0.15, 0.2) is 40.9 Å². The molecule has 0 fully saturated rings. The number of hydrogen-bond donors (Lipinski definition) is 1. The topological polar surface area (TPSA) is 20.2 Å². The van der Waals surface area contributed by atoms with Crippen LogP contribution in [0.1, 0.15) is 42.2 Å². The van der Waals surface area contributed by atoms with Crippen molar-refractivity contribution in [3.8, 4) is 0 Å². The van der Waals surface area contributed by atoms with E-state index in [1.807, 2.05) is 18.2 Å². The number of aliphatic hydroxyl groups is 1.